The van der Waals surface area contributed by atoms with Gasteiger partial charge in [-0.25, -0.2) is 9.78 Å². The number of hydrogen-bond acceptors (Lipinski definition) is 5. The molecule has 0 radical (unpaired) electrons. The van der Waals surface area contributed by atoms with Gasteiger partial charge in [-0.3, -0.25) is 14.6 Å². The topological polar surface area (TPSA) is 128 Å². The summed E-state index contributed by atoms with van der Waals surface area (Å²) in [5, 5.41) is 13.2. The maximum absolute atomic E-state index is 13.6. The summed E-state index contributed by atoms with van der Waals surface area (Å²) in [4.78, 5) is 52.5. The van der Waals surface area contributed by atoms with Gasteiger partial charge in [0.25, 0.3) is 11.8 Å². The van der Waals surface area contributed by atoms with Crippen molar-refractivity contribution in [2.45, 2.75) is 44.3 Å². The second-order valence-corrected chi connectivity index (χ2v) is 10.9. The molecule has 9 nitrogen and oxygen atoms in total. The first-order valence-electron chi connectivity index (χ1n) is 14.2. The number of halogens is 3. The number of H-pyrrole nitrogens is 1. The molecule has 6 rings (SSSR count). The summed E-state index contributed by atoms with van der Waals surface area (Å²) in [7, 11) is 0. The molecule has 2 aliphatic heterocycles. The number of carbonyl (C=O) groups excluding carboxylic acids is 2. The fourth-order valence-corrected chi connectivity index (χ4v) is 6.00. The number of carboxylic acid groups (broad SMARTS) is 1. The van der Waals surface area contributed by atoms with Crippen LogP contribution in [0.15, 0.2) is 61.1 Å². The summed E-state index contributed by atoms with van der Waals surface area (Å²) in [6.45, 7) is 0.929. The number of aromatic nitrogens is 3. The molecule has 0 aliphatic carbocycles. The van der Waals surface area contributed by atoms with Crippen molar-refractivity contribution in [3.05, 3.63) is 106 Å². The zero-order chi connectivity index (χ0) is 31.0. The van der Waals surface area contributed by atoms with Crippen molar-refractivity contribution < 1.29 is 32.7 Å². The molecule has 226 valence electrons. The van der Waals surface area contributed by atoms with Crippen LogP contribution in [0.25, 0.3) is 11.1 Å². The number of aryl methyl sites for hydroxylation is 2. The highest BCUT2D eigenvalue weighted by Crippen LogP contribution is 2.45. The Kier molecular flexibility index (Phi) is 7.66. The van der Waals surface area contributed by atoms with Gasteiger partial charge in [0.2, 0.25) is 0 Å². The monoisotopic (exact) mass is 603 g/mol. The van der Waals surface area contributed by atoms with E-state index in [-0.39, 0.29) is 53.1 Å². The van der Waals surface area contributed by atoms with Crippen LogP contribution in [0.3, 0.4) is 0 Å². The lowest BCUT2D eigenvalue weighted by Gasteiger charge is -2.17. The highest BCUT2D eigenvalue weighted by atomic mass is 19.4. The lowest BCUT2D eigenvalue weighted by molar-refractivity contribution is -0.137. The van der Waals surface area contributed by atoms with E-state index >= 15 is 0 Å². The van der Waals surface area contributed by atoms with Gasteiger partial charge >= 0.3 is 12.1 Å². The number of carboxylic acids is 1. The van der Waals surface area contributed by atoms with Gasteiger partial charge in [-0.2, -0.15) is 13.2 Å². The number of benzene rings is 2. The number of rotatable bonds is 9. The zero-order valence-electron chi connectivity index (χ0n) is 23.4. The molecular weight excluding hydrogens is 575 g/mol. The first-order valence-corrected chi connectivity index (χ1v) is 14.2. The normalized spacial score (nSPS) is 15.8. The van der Waals surface area contributed by atoms with Crippen LogP contribution >= 0.6 is 0 Å². The lowest BCUT2D eigenvalue weighted by Crippen LogP contribution is -2.25. The maximum Gasteiger partial charge on any atom is 0.416 e. The van der Waals surface area contributed by atoms with Crippen molar-refractivity contribution in [1.29, 1.82) is 0 Å². The van der Waals surface area contributed by atoms with Gasteiger partial charge in [0.15, 0.2) is 0 Å². The molecule has 3 N–H and O–H groups in total. The number of nitrogens with one attached hydrogen (secondary N) is 2. The van der Waals surface area contributed by atoms with Crippen molar-refractivity contribution in [1.82, 2.24) is 25.2 Å². The molecule has 1 atom stereocenters. The molecule has 2 aromatic carbocycles. The molecule has 2 amide bonds. The minimum Gasteiger partial charge on any atom is -0.478 e. The van der Waals surface area contributed by atoms with Crippen LogP contribution in [0.4, 0.5) is 13.2 Å². The average Bonchev–Trinajstić information content (AvgIpc) is 3.75. The summed E-state index contributed by atoms with van der Waals surface area (Å²) >= 11 is 0. The smallest absolute Gasteiger partial charge is 0.416 e. The van der Waals surface area contributed by atoms with Gasteiger partial charge in [-0.05, 0) is 61.1 Å². The first-order chi connectivity index (χ1) is 21.1. The summed E-state index contributed by atoms with van der Waals surface area (Å²) < 4.78 is 39.1. The number of fused-ring (bicyclic) bond motifs is 3. The van der Waals surface area contributed by atoms with Gasteiger partial charge < -0.3 is 20.3 Å². The van der Waals surface area contributed by atoms with E-state index in [0.717, 1.165) is 24.2 Å². The van der Waals surface area contributed by atoms with Gasteiger partial charge in [-0.15, -0.1) is 0 Å². The molecule has 2 aliphatic rings. The molecule has 1 saturated heterocycles. The third kappa shape index (κ3) is 5.54. The van der Waals surface area contributed by atoms with Crippen LogP contribution < -0.4 is 5.32 Å². The second-order valence-electron chi connectivity index (χ2n) is 10.9. The van der Waals surface area contributed by atoms with Crippen LogP contribution in [0.2, 0.25) is 0 Å². The predicted molar refractivity (Wildman–Crippen MR) is 153 cm³/mol. The Morgan fingerprint density at radius 2 is 1.77 bits per heavy atom. The van der Waals surface area contributed by atoms with E-state index < -0.39 is 17.7 Å². The Balaban J connectivity index is 1.33. The molecule has 12 heteroatoms. The first kappa shape index (κ1) is 29.1. The molecule has 0 saturated carbocycles. The zero-order valence-corrected chi connectivity index (χ0v) is 23.4. The fraction of sp³-hybridized carbons (Fsp3) is 0.281. The van der Waals surface area contributed by atoms with E-state index in [1.807, 2.05) is 0 Å². The Hall–Kier alpha value is -5.00. The molecular formula is C32H28F3N5O4. The van der Waals surface area contributed by atoms with Crippen LogP contribution in [0.5, 0.6) is 0 Å². The third-order valence-corrected chi connectivity index (χ3v) is 8.16. The molecule has 1 fully saturated rings. The van der Waals surface area contributed by atoms with Crippen molar-refractivity contribution in [3.8, 4) is 11.1 Å². The Bertz CT molecular complexity index is 1720. The molecule has 0 bridgehead atoms. The number of aromatic amines is 1. The molecule has 4 aromatic rings. The van der Waals surface area contributed by atoms with E-state index in [1.54, 1.807) is 41.7 Å². The van der Waals surface area contributed by atoms with Crippen molar-refractivity contribution in [2.75, 3.05) is 13.1 Å². The van der Waals surface area contributed by atoms with E-state index in [1.165, 1.54) is 12.1 Å². The van der Waals surface area contributed by atoms with Crippen molar-refractivity contribution >= 4 is 17.8 Å². The number of pyridine rings is 1. The Morgan fingerprint density at radius 1 is 1.02 bits per heavy atom. The Labute approximate surface area is 250 Å². The van der Waals surface area contributed by atoms with Gasteiger partial charge in [0.05, 0.1) is 40.4 Å². The predicted octanol–water partition coefficient (Wildman–Crippen LogP) is 5.24. The van der Waals surface area contributed by atoms with Crippen LogP contribution in [-0.2, 0) is 25.4 Å². The SMILES string of the molecule is O=C(NCCc1cnc[nH]1)c1ccc(-c2c(C(=O)O)c(CCc3ccc(C(F)(F)F)cc3)nc3c2C(=O)N2CCC[C@@H]32)cc1. The number of carbonyl (C=O) groups is 3. The fourth-order valence-electron chi connectivity index (χ4n) is 6.00. The van der Waals surface area contributed by atoms with Gasteiger partial charge in [0, 0.05) is 42.5 Å². The maximum atomic E-state index is 13.6. The highest BCUT2D eigenvalue weighted by Gasteiger charge is 2.44. The highest BCUT2D eigenvalue weighted by molar-refractivity contribution is 6.10. The number of nitrogens with zero attached hydrogens (tertiary/aromatic N) is 3. The summed E-state index contributed by atoms with van der Waals surface area (Å²) in [6.07, 6.45) is 1.26. The average molecular weight is 604 g/mol. The number of amides is 2. The number of alkyl halides is 3. The molecule has 0 spiro atoms. The van der Waals surface area contributed by atoms with Crippen LogP contribution in [0.1, 0.15) is 78.2 Å². The van der Waals surface area contributed by atoms with Crippen molar-refractivity contribution in [3.63, 3.8) is 0 Å². The minimum absolute atomic E-state index is 0.123. The number of imidazole rings is 1. The molecule has 0 unspecified atom stereocenters. The van der Waals surface area contributed by atoms with Crippen LogP contribution in [0, 0.1) is 0 Å². The van der Waals surface area contributed by atoms with E-state index in [9.17, 15) is 32.7 Å². The van der Waals surface area contributed by atoms with Gasteiger partial charge in [-0.1, -0.05) is 24.3 Å². The quantitative estimate of drug-likeness (QED) is 0.240. The molecule has 4 heterocycles. The third-order valence-electron chi connectivity index (χ3n) is 8.16. The summed E-state index contributed by atoms with van der Waals surface area (Å²) in [6, 6.07) is 10.9. The van der Waals surface area contributed by atoms with Crippen LogP contribution in [-0.4, -0.2) is 55.8 Å². The molecule has 44 heavy (non-hydrogen) atoms. The van der Waals surface area contributed by atoms with Gasteiger partial charge in [0.1, 0.15) is 0 Å². The summed E-state index contributed by atoms with van der Waals surface area (Å²) in [5.74, 6) is -1.84. The van der Waals surface area contributed by atoms with E-state index in [4.69, 9.17) is 4.98 Å². The van der Waals surface area contributed by atoms with Crippen molar-refractivity contribution in [2.24, 2.45) is 0 Å². The largest absolute Gasteiger partial charge is 0.478 e. The minimum atomic E-state index is -4.46. The number of aromatic carboxylic acids is 1. The molecule has 2 aromatic heterocycles. The standard InChI is InChI=1S/C32H28F3N5O4/c33-32(34,35)21-10-3-18(4-11-21)5-12-23-26(31(43)44)25(27-28(39-23)24-2-1-15-40(24)30(27)42)19-6-8-20(9-7-19)29(41)37-14-13-22-16-36-17-38-22/h3-4,6-11,16-17,24H,1-2,5,12-15H2,(H,36,38)(H,37,41)(H,43,44)/t24-/m0/s1. The second kappa shape index (κ2) is 11.6. The number of hydrogen-bond donors (Lipinski definition) is 3. The van der Waals surface area contributed by atoms with E-state index in [2.05, 4.69) is 15.3 Å². The van der Waals surface area contributed by atoms with E-state index in [0.29, 0.717) is 48.3 Å². The lowest BCUT2D eigenvalue weighted by atomic mass is 9.89. The summed E-state index contributed by atoms with van der Waals surface area (Å²) in [5.41, 5.74) is 2.70. The Morgan fingerprint density at radius 3 is 2.43 bits per heavy atom.